The van der Waals surface area contributed by atoms with Gasteiger partial charge in [0.1, 0.15) is 0 Å². The van der Waals surface area contributed by atoms with Crippen LogP contribution < -0.4 is 5.73 Å². The second-order valence-electron chi connectivity index (χ2n) is 6.13. The number of nitrogens with two attached hydrogens (primary N) is 1. The number of anilines is 1. The van der Waals surface area contributed by atoms with Gasteiger partial charge in [0, 0.05) is 4.47 Å². The fourth-order valence-corrected chi connectivity index (χ4v) is 5.66. The van der Waals surface area contributed by atoms with Gasteiger partial charge >= 0.3 is 0 Å². The van der Waals surface area contributed by atoms with Gasteiger partial charge in [-0.15, -0.1) is 0 Å². The number of nitrogen functional groups attached to an aromatic ring is 1. The van der Waals surface area contributed by atoms with Gasteiger partial charge in [-0.05, 0) is 43.9 Å². The average Bonchev–Trinajstić information content (AvgIpc) is 3.03. The van der Waals surface area contributed by atoms with Crippen LogP contribution in [-0.2, 0) is 14.6 Å². The third-order valence-corrected chi connectivity index (χ3v) is 6.90. The van der Waals surface area contributed by atoms with Crippen molar-refractivity contribution in [3.05, 3.63) is 22.7 Å². The minimum absolute atomic E-state index is 0.0232. The van der Waals surface area contributed by atoms with Crippen molar-refractivity contribution in [2.75, 3.05) is 11.5 Å². The molecule has 0 aromatic heterocycles. The lowest BCUT2D eigenvalue weighted by Gasteiger charge is -2.23. The molecule has 1 atom stereocenters. The highest BCUT2D eigenvalue weighted by atomic mass is 79.9. The van der Waals surface area contributed by atoms with Crippen LogP contribution in [0.3, 0.4) is 0 Å². The van der Waals surface area contributed by atoms with Crippen molar-refractivity contribution in [3.63, 3.8) is 0 Å². The summed E-state index contributed by atoms with van der Waals surface area (Å²) in [5, 5.41) is 0. The summed E-state index contributed by atoms with van der Waals surface area (Å²) in [7, 11) is -3.42. The van der Waals surface area contributed by atoms with Gasteiger partial charge in [-0.3, -0.25) is 0 Å². The molecule has 1 saturated heterocycles. The van der Waals surface area contributed by atoms with Crippen LogP contribution in [0.25, 0.3) is 0 Å². The minimum Gasteiger partial charge on any atom is -0.398 e. The Hall–Kier alpha value is -0.590. The predicted molar refractivity (Wildman–Crippen MR) is 85.9 cm³/mol. The number of ether oxygens (including phenoxy) is 1. The first-order chi connectivity index (χ1) is 9.90. The summed E-state index contributed by atoms with van der Waals surface area (Å²) in [6, 6.07) is 4.93. The molecular formula is C15H20BrNO3S. The van der Waals surface area contributed by atoms with Gasteiger partial charge in [0.2, 0.25) is 0 Å². The van der Waals surface area contributed by atoms with Crippen LogP contribution in [0.4, 0.5) is 5.69 Å². The minimum atomic E-state index is -3.42. The molecule has 1 aromatic carbocycles. The first kappa shape index (κ1) is 15.3. The average molecular weight is 374 g/mol. The number of benzene rings is 1. The molecule has 0 amide bonds. The van der Waals surface area contributed by atoms with Crippen LogP contribution in [0.1, 0.15) is 38.5 Å². The van der Waals surface area contributed by atoms with Crippen LogP contribution in [0.15, 0.2) is 27.6 Å². The Labute approximate surface area is 134 Å². The van der Waals surface area contributed by atoms with Crippen molar-refractivity contribution in [1.82, 2.24) is 0 Å². The quantitative estimate of drug-likeness (QED) is 0.825. The van der Waals surface area contributed by atoms with Gasteiger partial charge in [-0.25, -0.2) is 8.42 Å². The zero-order valence-corrected chi connectivity index (χ0v) is 14.2. The summed E-state index contributed by atoms with van der Waals surface area (Å²) >= 11 is 3.30. The second kappa shape index (κ2) is 5.56. The summed E-state index contributed by atoms with van der Waals surface area (Å²) in [5.41, 5.74) is 6.08. The topological polar surface area (TPSA) is 69.4 Å². The SMILES string of the molecule is Nc1ccc(Br)cc1S(=O)(=O)CC1CCC2(CCCC2)O1. The lowest BCUT2D eigenvalue weighted by molar-refractivity contribution is -0.0272. The van der Waals surface area contributed by atoms with E-state index in [1.807, 2.05) is 0 Å². The molecule has 1 spiro atoms. The van der Waals surface area contributed by atoms with E-state index in [1.165, 1.54) is 12.8 Å². The van der Waals surface area contributed by atoms with E-state index in [4.69, 9.17) is 10.5 Å². The van der Waals surface area contributed by atoms with Crippen molar-refractivity contribution in [3.8, 4) is 0 Å². The molecule has 0 radical (unpaired) electrons. The maximum atomic E-state index is 12.6. The number of hydrogen-bond donors (Lipinski definition) is 1. The fraction of sp³-hybridized carbons (Fsp3) is 0.600. The summed E-state index contributed by atoms with van der Waals surface area (Å²) < 4.78 is 32.0. The number of sulfone groups is 1. The zero-order valence-electron chi connectivity index (χ0n) is 11.8. The van der Waals surface area contributed by atoms with Crippen molar-refractivity contribution in [2.45, 2.75) is 55.1 Å². The number of halogens is 1. The standard InChI is InChI=1S/C15H20BrNO3S/c16-11-3-4-13(17)14(9-11)21(18,19)10-12-5-8-15(20-12)6-1-2-7-15/h3-4,9,12H,1-2,5-8,10,17H2. The van der Waals surface area contributed by atoms with Gasteiger partial charge in [0.15, 0.2) is 9.84 Å². The van der Waals surface area contributed by atoms with Crippen LogP contribution in [0.5, 0.6) is 0 Å². The largest absolute Gasteiger partial charge is 0.398 e. The third-order valence-electron chi connectivity index (χ3n) is 4.57. The van der Waals surface area contributed by atoms with Crippen LogP contribution in [0.2, 0.25) is 0 Å². The van der Waals surface area contributed by atoms with E-state index >= 15 is 0 Å². The van der Waals surface area contributed by atoms with Gasteiger partial charge < -0.3 is 10.5 Å². The summed E-state index contributed by atoms with van der Waals surface area (Å²) in [6.45, 7) is 0. The fourth-order valence-electron chi connectivity index (χ4n) is 3.51. The molecule has 1 heterocycles. The van der Waals surface area contributed by atoms with E-state index in [1.54, 1.807) is 18.2 Å². The lowest BCUT2D eigenvalue weighted by atomic mass is 9.98. The number of rotatable bonds is 3. The molecule has 116 valence electrons. The Morgan fingerprint density at radius 1 is 1.29 bits per heavy atom. The molecule has 1 unspecified atom stereocenters. The molecule has 4 nitrogen and oxygen atoms in total. The van der Waals surface area contributed by atoms with Crippen LogP contribution in [-0.4, -0.2) is 25.9 Å². The monoisotopic (exact) mass is 373 g/mol. The second-order valence-corrected chi connectivity index (χ2v) is 9.05. The predicted octanol–water partition coefficient (Wildman–Crippen LogP) is 3.30. The van der Waals surface area contributed by atoms with Gasteiger partial charge in [-0.2, -0.15) is 0 Å². The smallest absolute Gasteiger partial charge is 0.182 e. The van der Waals surface area contributed by atoms with Gasteiger partial charge in [0.25, 0.3) is 0 Å². The van der Waals surface area contributed by atoms with E-state index < -0.39 is 9.84 Å². The van der Waals surface area contributed by atoms with E-state index in [0.29, 0.717) is 5.69 Å². The highest BCUT2D eigenvalue weighted by Crippen LogP contribution is 2.43. The summed E-state index contributed by atoms with van der Waals surface area (Å²) in [4.78, 5) is 0.202. The molecule has 2 aliphatic rings. The Bertz CT molecular complexity index is 638. The van der Waals surface area contributed by atoms with Crippen molar-refractivity contribution in [2.24, 2.45) is 0 Å². The highest BCUT2D eigenvalue weighted by Gasteiger charge is 2.43. The molecule has 1 aromatic rings. The molecule has 3 rings (SSSR count). The van der Waals surface area contributed by atoms with Crippen LogP contribution in [0, 0.1) is 0 Å². The molecule has 1 saturated carbocycles. The summed E-state index contributed by atoms with van der Waals surface area (Å²) in [6.07, 6.45) is 6.14. The van der Waals surface area contributed by atoms with Crippen molar-refractivity contribution < 1.29 is 13.2 Å². The Kier molecular flexibility index (Phi) is 4.05. The van der Waals surface area contributed by atoms with Gasteiger partial charge in [0.05, 0.1) is 28.0 Å². The molecule has 1 aliphatic heterocycles. The molecular weight excluding hydrogens is 354 g/mol. The maximum absolute atomic E-state index is 12.6. The highest BCUT2D eigenvalue weighted by molar-refractivity contribution is 9.10. The van der Waals surface area contributed by atoms with Crippen molar-refractivity contribution in [1.29, 1.82) is 0 Å². The molecule has 0 bridgehead atoms. The Morgan fingerprint density at radius 3 is 2.71 bits per heavy atom. The van der Waals surface area contributed by atoms with Crippen molar-refractivity contribution >= 4 is 31.5 Å². The number of hydrogen-bond acceptors (Lipinski definition) is 4. The molecule has 2 fully saturated rings. The Balaban J connectivity index is 1.76. The normalized spacial score (nSPS) is 24.7. The van der Waals surface area contributed by atoms with E-state index in [-0.39, 0.29) is 22.4 Å². The van der Waals surface area contributed by atoms with E-state index in [0.717, 1.165) is 30.2 Å². The third kappa shape index (κ3) is 3.12. The van der Waals surface area contributed by atoms with E-state index in [2.05, 4.69) is 15.9 Å². The first-order valence-electron chi connectivity index (χ1n) is 7.36. The Morgan fingerprint density at radius 2 is 2.00 bits per heavy atom. The van der Waals surface area contributed by atoms with Crippen LogP contribution >= 0.6 is 15.9 Å². The van der Waals surface area contributed by atoms with E-state index in [9.17, 15) is 8.42 Å². The molecule has 2 N–H and O–H groups in total. The maximum Gasteiger partial charge on any atom is 0.182 e. The molecule has 21 heavy (non-hydrogen) atoms. The zero-order chi connectivity index (χ0) is 15.1. The summed E-state index contributed by atoms with van der Waals surface area (Å²) in [5.74, 6) is 0.0232. The van der Waals surface area contributed by atoms with Gasteiger partial charge in [-0.1, -0.05) is 28.8 Å². The lowest BCUT2D eigenvalue weighted by Crippen LogP contribution is -2.28. The molecule has 6 heteroatoms. The first-order valence-corrected chi connectivity index (χ1v) is 9.80. The molecule has 1 aliphatic carbocycles.